The van der Waals surface area contributed by atoms with Crippen molar-refractivity contribution in [3.8, 4) is 0 Å². The number of rotatable bonds is 7. The molecule has 0 saturated carbocycles. The third-order valence-corrected chi connectivity index (χ3v) is 3.64. The zero-order valence-electron chi connectivity index (χ0n) is 11.9. The van der Waals surface area contributed by atoms with E-state index in [-0.39, 0.29) is 11.6 Å². The van der Waals surface area contributed by atoms with Gasteiger partial charge in [-0.05, 0) is 44.0 Å². The Morgan fingerprint density at radius 1 is 1.50 bits per heavy atom. The second kappa shape index (κ2) is 6.71. The molecule has 2 atom stereocenters. The van der Waals surface area contributed by atoms with Crippen LogP contribution < -0.4 is 11.1 Å². The van der Waals surface area contributed by atoms with Crippen LogP contribution >= 0.6 is 0 Å². The van der Waals surface area contributed by atoms with Gasteiger partial charge < -0.3 is 15.8 Å². The van der Waals surface area contributed by atoms with E-state index in [0.717, 1.165) is 19.4 Å². The van der Waals surface area contributed by atoms with Gasteiger partial charge in [-0.1, -0.05) is 13.8 Å². The highest BCUT2D eigenvalue weighted by molar-refractivity contribution is 5.32. The maximum Gasteiger partial charge on any atom is 0.123 e. The summed E-state index contributed by atoms with van der Waals surface area (Å²) in [5, 5.41) is 3.51. The molecule has 1 rings (SSSR count). The van der Waals surface area contributed by atoms with E-state index < -0.39 is 0 Å². The van der Waals surface area contributed by atoms with Gasteiger partial charge in [-0.15, -0.1) is 0 Å². The van der Waals surface area contributed by atoms with Gasteiger partial charge in [-0.3, -0.25) is 0 Å². The zero-order chi connectivity index (χ0) is 13.6. The van der Waals surface area contributed by atoms with E-state index in [4.69, 9.17) is 10.5 Å². The third kappa shape index (κ3) is 3.68. The van der Waals surface area contributed by atoms with Crippen LogP contribution in [0, 0.1) is 0 Å². The van der Waals surface area contributed by atoms with Crippen molar-refractivity contribution in [3.63, 3.8) is 0 Å². The van der Waals surface area contributed by atoms with Gasteiger partial charge in [0.15, 0.2) is 0 Å². The summed E-state index contributed by atoms with van der Waals surface area (Å²) in [5.74, 6) is 0.568. The number of nitrogens with one attached hydrogen (secondary N) is 1. The molecule has 0 radical (unpaired) electrons. The summed E-state index contributed by atoms with van der Waals surface area (Å²) < 4.78 is 5.69. The Labute approximate surface area is 110 Å². The third-order valence-electron chi connectivity index (χ3n) is 3.64. The fourth-order valence-corrected chi connectivity index (χ4v) is 2.14. The molecular formula is C14H25N3O. The number of anilines is 1. The number of nitrogens with zero attached hydrogens (tertiary/aromatic N) is 1. The van der Waals surface area contributed by atoms with Crippen molar-refractivity contribution < 1.29 is 4.74 Å². The fourth-order valence-electron chi connectivity index (χ4n) is 2.14. The predicted octanol–water partition coefficient (Wildman–Crippen LogP) is 2.00. The van der Waals surface area contributed by atoms with Crippen molar-refractivity contribution in [2.24, 2.45) is 0 Å². The molecule has 0 spiro atoms. The normalized spacial score (nSPS) is 16.2. The predicted molar refractivity (Wildman–Crippen MR) is 75.5 cm³/mol. The average Bonchev–Trinajstić information content (AvgIpc) is 2.37. The Hall–Kier alpha value is -1.13. The van der Waals surface area contributed by atoms with Gasteiger partial charge in [0.25, 0.3) is 0 Å². The molecule has 4 heteroatoms. The van der Waals surface area contributed by atoms with Crippen LogP contribution in [-0.4, -0.2) is 30.3 Å². The van der Waals surface area contributed by atoms with Crippen molar-refractivity contribution >= 4 is 5.82 Å². The Morgan fingerprint density at radius 3 is 2.72 bits per heavy atom. The van der Waals surface area contributed by atoms with Crippen molar-refractivity contribution in [2.75, 3.05) is 19.4 Å². The number of pyridine rings is 1. The van der Waals surface area contributed by atoms with Crippen LogP contribution in [0.5, 0.6) is 0 Å². The van der Waals surface area contributed by atoms with E-state index in [0.29, 0.717) is 5.82 Å². The molecule has 1 aromatic heterocycles. The van der Waals surface area contributed by atoms with E-state index in [2.05, 4.69) is 31.1 Å². The number of methoxy groups -OCH3 is 1. The second-order valence-corrected chi connectivity index (χ2v) is 4.77. The minimum absolute atomic E-state index is 0.173. The number of nitrogen functional groups attached to an aromatic ring is 1. The van der Waals surface area contributed by atoms with Crippen molar-refractivity contribution in [3.05, 3.63) is 23.9 Å². The summed E-state index contributed by atoms with van der Waals surface area (Å²) in [6.07, 6.45) is 3.60. The molecule has 2 unspecified atom stereocenters. The SMILES string of the molecule is CCNC(Cc1ccnc(N)c1)C(C)(CC)OC. The van der Waals surface area contributed by atoms with Gasteiger partial charge >= 0.3 is 0 Å². The Kier molecular flexibility index (Phi) is 5.56. The quantitative estimate of drug-likeness (QED) is 0.778. The topological polar surface area (TPSA) is 60.2 Å². The Bertz CT molecular complexity index is 364. The molecule has 1 heterocycles. The summed E-state index contributed by atoms with van der Waals surface area (Å²) in [6.45, 7) is 7.32. The van der Waals surface area contributed by atoms with Gasteiger partial charge in [-0.2, -0.15) is 0 Å². The van der Waals surface area contributed by atoms with E-state index in [1.807, 2.05) is 12.1 Å². The van der Waals surface area contributed by atoms with Gasteiger partial charge in [-0.25, -0.2) is 4.98 Å². The molecule has 0 aromatic carbocycles. The van der Waals surface area contributed by atoms with Crippen molar-refractivity contribution in [1.29, 1.82) is 0 Å². The average molecular weight is 251 g/mol. The Balaban J connectivity index is 2.86. The summed E-state index contributed by atoms with van der Waals surface area (Å²) in [4.78, 5) is 4.02. The number of hydrogen-bond donors (Lipinski definition) is 2. The molecule has 0 saturated heterocycles. The summed E-state index contributed by atoms with van der Waals surface area (Å²) in [5.41, 5.74) is 6.73. The minimum Gasteiger partial charge on any atom is -0.384 e. The number of ether oxygens (including phenoxy) is 1. The number of nitrogens with two attached hydrogens (primary N) is 1. The molecule has 3 N–H and O–H groups in total. The molecule has 0 amide bonds. The number of aromatic nitrogens is 1. The smallest absolute Gasteiger partial charge is 0.123 e. The maximum absolute atomic E-state index is 5.72. The van der Waals surface area contributed by atoms with Gasteiger partial charge in [0, 0.05) is 19.3 Å². The first-order valence-corrected chi connectivity index (χ1v) is 6.54. The highest BCUT2D eigenvalue weighted by Gasteiger charge is 2.31. The van der Waals surface area contributed by atoms with Crippen molar-refractivity contribution in [2.45, 2.75) is 45.3 Å². The molecule has 0 aliphatic rings. The van der Waals surface area contributed by atoms with Crippen LogP contribution in [0.2, 0.25) is 0 Å². The molecule has 102 valence electrons. The first-order chi connectivity index (χ1) is 8.55. The lowest BCUT2D eigenvalue weighted by Crippen LogP contribution is -2.51. The Morgan fingerprint density at radius 2 is 2.22 bits per heavy atom. The molecule has 0 aliphatic heterocycles. The fraction of sp³-hybridized carbons (Fsp3) is 0.643. The van der Waals surface area contributed by atoms with Crippen molar-refractivity contribution in [1.82, 2.24) is 10.3 Å². The molecule has 0 aliphatic carbocycles. The monoisotopic (exact) mass is 251 g/mol. The molecule has 0 fully saturated rings. The second-order valence-electron chi connectivity index (χ2n) is 4.77. The van der Waals surface area contributed by atoms with Gasteiger partial charge in [0.05, 0.1) is 5.60 Å². The van der Waals surface area contributed by atoms with Gasteiger partial charge in [0.2, 0.25) is 0 Å². The van der Waals surface area contributed by atoms with Crippen LogP contribution in [0.15, 0.2) is 18.3 Å². The lowest BCUT2D eigenvalue weighted by Gasteiger charge is -2.36. The summed E-state index contributed by atoms with van der Waals surface area (Å²) >= 11 is 0. The molecule has 18 heavy (non-hydrogen) atoms. The van der Waals surface area contributed by atoms with E-state index in [1.165, 1.54) is 5.56 Å². The van der Waals surface area contributed by atoms with Crippen LogP contribution in [0.3, 0.4) is 0 Å². The van der Waals surface area contributed by atoms with Crippen LogP contribution in [0.4, 0.5) is 5.82 Å². The number of hydrogen-bond acceptors (Lipinski definition) is 4. The first-order valence-electron chi connectivity index (χ1n) is 6.54. The van der Waals surface area contributed by atoms with E-state index in [9.17, 15) is 0 Å². The first kappa shape index (κ1) is 14.9. The lowest BCUT2D eigenvalue weighted by molar-refractivity contribution is -0.0283. The highest BCUT2D eigenvalue weighted by atomic mass is 16.5. The highest BCUT2D eigenvalue weighted by Crippen LogP contribution is 2.22. The standard InChI is InChI=1S/C14H25N3O/c1-5-14(3,18-4)12(16-6-2)9-11-7-8-17-13(15)10-11/h7-8,10,12,16H,5-6,9H2,1-4H3,(H2,15,17). The number of likely N-dealkylation sites (N-methyl/N-ethyl adjacent to an activating group) is 1. The lowest BCUT2D eigenvalue weighted by atomic mass is 9.88. The molecular weight excluding hydrogens is 226 g/mol. The van der Waals surface area contributed by atoms with Crippen LogP contribution in [-0.2, 0) is 11.2 Å². The largest absolute Gasteiger partial charge is 0.384 e. The molecule has 1 aromatic rings. The molecule has 4 nitrogen and oxygen atoms in total. The van der Waals surface area contributed by atoms with E-state index in [1.54, 1.807) is 13.3 Å². The van der Waals surface area contributed by atoms with Crippen LogP contribution in [0.1, 0.15) is 32.8 Å². The van der Waals surface area contributed by atoms with Crippen LogP contribution in [0.25, 0.3) is 0 Å². The minimum atomic E-state index is -0.173. The molecule has 0 bridgehead atoms. The maximum atomic E-state index is 5.72. The summed E-state index contributed by atoms with van der Waals surface area (Å²) in [6, 6.07) is 4.20. The summed E-state index contributed by atoms with van der Waals surface area (Å²) in [7, 11) is 1.77. The van der Waals surface area contributed by atoms with E-state index >= 15 is 0 Å². The van der Waals surface area contributed by atoms with Gasteiger partial charge in [0.1, 0.15) is 5.82 Å². The zero-order valence-corrected chi connectivity index (χ0v) is 11.9.